The summed E-state index contributed by atoms with van der Waals surface area (Å²) in [6.07, 6.45) is 2.62. The third-order valence-electron chi connectivity index (χ3n) is 4.42. The number of carbonyl (C=O) groups excluding carboxylic acids is 1. The zero-order valence-corrected chi connectivity index (χ0v) is 16.8. The number of nitrogens with one attached hydrogen (secondary N) is 1. The maximum Gasteiger partial charge on any atom is 0.251 e. The van der Waals surface area contributed by atoms with E-state index in [4.69, 9.17) is 0 Å². The number of benzene rings is 2. The van der Waals surface area contributed by atoms with Gasteiger partial charge in [0.25, 0.3) is 5.91 Å². The molecule has 1 aliphatic heterocycles. The highest BCUT2D eigenvalue weighted by Crippen LogP contribution is 2.21. The molecule has 7 heteroatoms. The zero-order chi connectivity index (χ0) is 19.1. The molecule has 0 aliphatic carbocycles. The maximum atomic E-state index is 12.6. The summed E-state index contributed by atoms with van der Waals surface area (Å²) in [5.74, 6) is 0.673. The standard InChI is InChI=1S/C20H24N2O3S2/c23-20(21-12-7-15-26-18-9-2-1-3-10-18)17-8-6-11-19(16-17)27(24,25)22-13-4-5-14-22/h1-3,6,8-11,16H,4-5,7,12-15H2,(H,21,23). The van der Waals surface area contributed by atoms with Crippen LogP contribution in [0, 0.1) is 0 Å². The molecule has 1 aliphatic rings. The van der Waals surface area contributed by atoms with Gasteiger partial charge in [-0.15, -0.1) is 11.8 Å². The van der Waals surface area contributed by atoms with Gasteiger partial charge in [0.1, 0.15) is 0 Å². The first kappa shape index (κ1) is 19.9. The molecule has 0 aromatic heterocycles. The lowest BCUT2D eigenvalue weighted by Gasteiger charge is -2.16. The number of carbonyl (C=O) groups is 1. The van der Waals surface area contributed by atoms with Gasteiger partial charge in [-0.05, 0) is 55.3 Å². The molecule has 5 nitrogen and oxygen atoms in total. The number of amides is 1. The Morgan fingerprint density at radius 3 is 2.52 bits per heavy atom. The molecule has 1 saturated heterocycles. The number of nitrogens with zero attached hydrogens (tertiary/aromatic N) is 1. The first-order valence-electron chi connectivity index (χ1n) is 9.14. The first-order chi connectivity index (χ1) is 13.1. The Morgan fingerprint density at radius 2 is 1.78 bits per heavy atom. The van der Waals surface area contributed by atoms with Crippen LogP contribution in [0.4, 0.5) is 0 Å². The minimum atomic E-state index is -3.50. The summed E-state index contributed by atoms with van der Waals surface area (Å²) >= 11 is 1.75. The molecule has 1 heterocycles. The second kappa shape index (κ2) is 9.39. The van der Waals surface area contributed by atoms with Crippen LogP contribution >= 0.6 is 11.8 Å². The van der Waals surface area contributed by atoms with E-state index in [0.29, 0.717) is 25.2 Å². The van der Waals surface area contributed by atoms with Gasteiger partial charge < -0.3 is 5.32 Å². The quantitative estimate of drug-likeness (QED) is 0.541. The molecule has 144 valence electrons. The van der Waals surface area contributed by atoms with Gasteiger partial charge in [0.2, 0.25) is 10.0 Å². The van der Waals surface area contributed by atoms with Crippen LogP contribution in [0.25, 0.3) is 0 Å². The molecular weight excluding hydrogens is 380 g/mol. The molecule has 27 heavy (non-hydrogen) atoms. The summed E-state index contributed by atoms with van der Waals surface area (Å²) in [7, 11) is -3.50. The third kappa shape index (κ3) is 5.34. The predicted octanol–water partition coefficient (Wildman–Crippen LogP) is 3.38. The average Bonchev–Trinajstić information content (AvgIpc) is 3.24. The molecule has 2 aromatic rings. The van der Waals surface area contributed by atoms with E-state index in [1.165, 1.54) is 15.3 Å². The Balaban J connectivity index is 1.51. The largest absolute Gasteiger partial charge is 0.352 e. The number of hydrogen-bond acceptors (Lipinski definition) is 4. The van der Waals surface area contributed by atoms with Crippen LogP contribution in [0.15, 0.2) is 64.4 Å². The Hall–Kier alpha value is -1.83. The van der Waals surface area contributed by atoms with Crippen molar-refractivity contribution in [1.82, 2.24) is 9.62 Å². The monoisotopic (exact) mass is 404 g/mol. The summed E-state index contributed by atoms with van der Waals surface area (Å²) in [4.78, 5) is 13.8. The van der Waals surface area contributed by atoms with Gasteiger partial charge in [0.15, 0.2) is 0 Å². The zero-order valence-electron chi connectivity index (χ0n) is 15.1. The molecule has 0 saturated carbocycles. The molecule has 0 unspecified atom stereocenters. The van der Waals surface area contributed by atoms with Gasteiger partial charge >= 0.3 is 0 Å². The highest BCUT2D eigenvalue weighted by molar-refractivity contribution is 7.99. The average molecular weight is 405 g/mol. The molecule has 2 aromatic carbocycles. The van der Waals surface area contributed by atoms with E-state index in [-0.39, 0.29) is 10.8 Å². The van der Waals surface area contributed by atoms with E-state index < -0.39 is 10.0 Å². The smallest absolute Gasteiger partial charge is 0.251 e. The van der Waals surface area contributed by atoms with Crippen LogP contribution in [0.3, 0.4) is 0 Å². The molecule has 0 radical (unpaired) electrons. The van der Waals surface area contributed by atoms with Crippen molar-refractivity contribution in [2.45, 2.75) is 29.1 Å². The molecule has 3 rings (SSSR count). The van der Waals surface area contributed by atoms with E-state index in [0.717, 1.165) is 25.0 Å². The van der Waals surface area contributed by atoms with E-state index >= 15 is 0 Å². The van der Waals surface area contributed by atoms with Gasteiger partial charge in [-0.3, -0.25) is 4.79 Å². The summed E-state index contributed by atoms with van der Waals surface area (Å²) in [5, 5.41) is 2.87. The van der Waals surface area contributed by atoms with Crippen LogP contribution in [-0.4, -0.2) is 44.0 Å². The lowest BCUT2D eigenvalue weighted by molar-refractivity contribution is 0.0953. The summed E-state index contributed by atoms with van der Waals surface area (Å²) in [6, 6.07) is 16.4. The third-order valence-corrected chi connectivity index (χ3v) is 7.41. The van der Waals surface area contributed by atoms with Gasteiger partial charge in [-0.1, -0.05) is 24.3 Å². The molecule has 1 N–H and O–H groups in total. The van der Waals surface area contributed by atoms with Crippen LogP contribution in [0.5, 0.6) is 0 Å². The fourth-order valence-corrected chi connectivity index (χ4v) is 5.40. The van der Waals surface area contributed by atoms with Crippen molar-refractivity contribution in [3.05, 3.63) is 60.2 Å². The SMILES string of the molecule is O=C(NCCCSc1ccccc1)c1cccc(S(=O)(=O)N2CCCC2)c1. The lowest BCUT2D eigenvalue weighted by Crippen LogP contribution is -2.29. The summed E-state index contributed by atoms with van der Waals surface area (Å²) < 4.78 is 26.8. The number of rotatable bonds is 8. The fourth-order valence-electron chi connectivity index (χ4n) is 2.96. The van der Waals surface area contributed by atoms with Crippen molar-refractivity contribution in [2.24, 2.45) is 0 Å². The van der Waals surface area contributed by atoms with E-state index in [1.807, 2.05) is 18.2 Å². The Kier molecular flexibility index (Phi) is 6.93. The van der Waals surface area contributed by atoms with Crippen molar-refractivity contribution in [3.8, 4) is 0 Å². The van der Waals surface area contributed by atoms with Crippen LogP contribution in [0.1, 0.15) is 29.6 Å². The summed E-state index contributed by atoms with van der Waals surface area (Å²) in [5.41, 5.74) is 0.381. The van der Waals surface area contributed by atoms with Crippen molar-refractivity contribution in [3.63, 3.8) is 0 Å². The van der Waals surface area contributed by atoms with Gasteiger partial charge in [0.05, 0.1) is 4.90 Å². The minimum absolute atomic E-state index is 0.191. The van der Waals surface area contributed by atoms with Crippen LogP contribution < -0.4 is 5.32 Å². The van der Waals surface area contributed by atoms with Crippen molar-refractivity contribution in [2.75, 3.05) is 25.4 Å². The predicted molar refractivity (Wildman–Crippen MR) is 109 cm³/mol. The van der Waals surface area contributed by atoms with Gasteiger partial charge in [0, 0.05) is 30.1 Å². The second-order valence-corrected chi connectivity index (χ2v) is 9.52. The number of sulfonamides is 1. The van der Waals surface area contributed by atoms with Gasteiger partial charge in [-0.2, -0.15) is 4.31 Å². The van der Waals surface area contributed by atoms with Crippen molar-refractivity contribution >= 4 is 27.7 Å². The Labute approximate surface area is 165 Å². The first-order valence-corrected chi connectivity index (χ1v) is 11.6. The Bertz CT molecular complexity index is 864. The molecule has 1 amide bonds. The number of thioether (sulfide) groups is 1. The van der Waals surface area contributed by atoms with Crippen molar-refractivity contribution < 1.29 is 13.2 Å². The molecular formula is C20H24N2O3S2. The van der Waals surface area contributed by atoms with Crippen LogP contribution in [0.2, 0.25) is 0 Å². The van der Waals surface area contributed by atoms with Crippen molar-refractivity contribution in [1.29, 1.82) is 0 Å². The topological polar surface area (TPSA) is 66.5 Å². The Morgan fingerprint density at radius 1 is 1.04 bits per heavy atom. The lowest BCUT2D eigenvalue weighted by atomic mass is 10.2. The van der Waals surface area contributed by atoms with E-state index in [1.54, 1.807) is 30.0 Å². The van der Waals surface area contributed by atoms with Gasteiger partial charge in [-0.25, -0.2) is 8.42 Å². The highest BCUT2D eigenvalue weighted by atomic mass is 32.2. The normalized spacial score (nSPS) is 15.0. The molecule has 0 atom stereocenters. The van der Waals surface area contributed by atoms with E-state index in [2.05, 4.69) is 17.4 Å². The molecule has 1 fully saturated rings. The molecule has 0 spiro atoms. The maximum absolute atomic E-state index is 12.6. The second-order valence-electron chi connectivity index (χ2n) is 6.41. The van der Waals surface area contributed by atoms with E-state index in [9.17, 15) is 13.2 Å². The highest BCUT2D eigenvalue weighted by Gasteiger charge is 2.27. The number of hydrogen-bond donors (Lipinski definition) is 1. The minimum Gasteiger partial charge on any atom is -0.352 e. The fraction of sp³-hybridized carbons (Fsp3) is 0.350. The summed E-state index contributed by atoms with van der Waals surface area (Å²) in [6.45, 7) is 1.66. The molecule has 0 bridgehead atoms. The van der Waals surface area contributed by atoms with Crippen LogP contribution in [-0.2, 0) is 10.0 Å².